The summed E-state index contributed by atoms with van der Waals surface area (Å²) in [5.74, 6) is -1.67. The van der Waals surface area contributed by atoms with Gasteiger partial charge in [-0.2, -0.15) is 0 Å². The SMILES string of the molecule is CC(C)(CCCl)NC(=O)c1cc(F)cc(F)c1. The van der Waals surface area contributed by atoms with Gasteiger partial charge in [-0.25, -0.2) is 8.78 Å². The summed E-state index contributed by atoms with van der Waals surface area (Å²) in [6.07, 6.45) is 0.568. The predicted octanol–water partition coefficient (Wildman–Crippen LogP) is 3.10. The molecule has 0 aromatic heterocycles. The average molecular weight is 262 g/mol. The summed E-state index contributed by atoms with van der Waals surface area (Å²) in [6, 6.07) is 2.71. The summed E-state index contributed by atoms with van der Waals surface area (Å²) < 4.78 is 25.9. The van der Waals surface area contributed by atoms with Crippen LogP contribution in [0.4, 0.5) is 8.78 Å². The maximum Gasteiger partial charge on any atom is 0.251 e. The van der Waals surface area contributed by atoms with Gasteiger partial charge in [0, 0.05) is 23.0 Å². The summed E-state index contributed by atoms with van der Waals surface area (Å²) in [6.45, 7) is 3.59. The minimum atomic E-state index is -0.773. The molecule has 2 nitrogen and oxygen atoms in total. The maximum absolute atomic E-state index is 12.9. The van der Waals surface area contributed by atoms with Gasteiger partial charge in [0.15, 0.2) is 0 Å². The second-order valence-electron chi connectivity index (χ2n) is 4.44. The van der Waals surface area contributed by atoms with E-state index in [0.29, 0.717) is 12.3 Å². The molecule has 0 radical (unpaired) electrons. The Labute approximate surface area is 104 Å². The molecule has 1 rings (SSSR count). The molecule has 94 valence electrons. The molecule has 0 aliphatic rings. The Hall–Kier alpha value is -1.16. The zero-order chi connectivity index (χ0) is 13.1. The molecule has 1 N–H and O–H groups in total. The highest BCUT2D eigenvalue weighted by atomic mass is 35.5. The fourth-order valence-electron chi connectivity index (χ4n) is 1.36. The Morgan fingerprint density at radius 1 is 1.29 bits per heavy atom. The van der Waals surface area contributed by atoms with Gasteiger partial charge in [-0.1, -0.05) is 0 Å². The lowest BCUT2D eigenvalue weighted by atomic mass is 10.0. The van der Waals surface area contributed by atoms with Crippen molar-refractivity contribution in [3.8, 4) is 0 Å². The molecule has 1 aromatic rings. The Morgan fingerprint density at radius 2 is 1.82 bits per heavy atom. The number of rotatable bonds is 4. The fourth-order valence-corrected chi connectivity index (χ4v) is 1.84. The molecule has 0 aliphatic carbocycles. The monoisotopic (exact) mass is 261 g/mol. The van der Waals surface area contributed by atoms with Crippen molar-refractivity contribution in [1.82, 2.24) is 5.32 Å². The van der Waals surface area contributed by atoms with E-state index in [-0.39, 0.29) is 5.56 Å². The third kappa shape index (κ3) is 4.30. The first-order valence-corrected chi connectivity index (χ1v) is 5.72. The number of amides is 1. The Bertz CT molecular complexity index is 401. The highest BCUT2D eigenvalue weighted by Crippen LogP contribution is 2.13. The molecule has 0 fully saturated rings. The van der Waals surface area contributed by atoms with E-state index < -0.39 is 23.1 Å². The van der Waals surface area contributed by atoms with Crippen molar-refractivity contribution in [1.29, 1.82) is 0 Å². The standard InChI is InChI=1S/C12H14ClF2NO/c1-12(2,3-4-13)16-11(17)8-5-9(14)7-10(15)6-8/h5-7H,3-4H2,1-2H3,(H,16,17). The lowest BCUT2D eigenvalue weighted by Crippen LogP contribution is -2.43. The summed E-state index contributed by atoms with van der Waals surface area (Å²) >= 11 is 5.59. The molecular formula is C12H14ClF2NO. The van der Waals surface area contributed by atoms with Crippen molar-refractivity contribution >= 4 is 17.5 Å². The number of hydrogen-bond acceptors (Lipinski definition) is 1. The number of nitrogens with one attached hydrogen (secondary N) is 1. The third-order valence-electron chi connectivity index (χ3n) is 2.30. The fraction of sp³-hybridized carbons (Fsp3) is 0.417. The van der Waals surface area contributed by atoms with Crippen LogP contribution in [0.3, 0.4) is 0 Å². The molecule has 0 unspecified atom stereocenters. The number of benzene rings is 1. The molecule has 17 heavy (non-hydrogen) atoms. The maximum atomic E-state index is 12.9. The van der Waals surface area contributed by atoms with E-state index in [1.165, 1.54) is 0 Å². The van der Waals surface area contributed by atoms with Crippen LogP contribution in [-0.2, 0) is 0 Å². The topological polar surface area (TPSA) is 29.1 Å². The minimum Gasteiger partial charge on any atom is -0.347 e. The zero-order valence-corrected chi connectivity index (χ0v) is 10.4. The van der Waals surface area contributed by atoms with Crippen LogP contribution in [-0.4, -0.2) is 17.3 Å². The first-order chi connectivity index (χ1) is 7.84. The normalized spacial score (nSPS) is 11.4. The summed E-state index contributed by atoms with van der Waals surface area (Å²) in [7, 11) is 0. The Morgan fingerprint density at radius 3 is 2.29 bits per heavy atom. The van der Waals surface area contributed by atoms with Gasteiger partial charge < -0.3 is 5.32 Å². The number of carbonyl (C=O) groups excluding carboxylic acids is 1. The summed E-state index contributed by atoms with van der Waals surface area (Å²) in [4.78, 5) is 11.8. The first kappa shape index (κ1) is 13.9. The van der Waals surface area contributed by atoms with Crippen LogP contribution >= 0.6 is 11.6 Å². The van der Waals surface area contributed by atoms with Crippen molar-refractivity contribution in [2.45, 2.75) is 25.8 Å². The second-order valence-corrected chi connectivity index (χ2v) is 4.81. The zero-order valence-electron chi connectivity index (χ0n) is 9.69. The van der Waals surface area contributed by atoms with E-state index in [1.807, 2.05) is 0 Å². The van der Waals surface area contributed by atoms with Crippen LogP contribution < -0.4 is 5.32 Å². The first-order valence-electron chi connectivity index (χ1n) is 5.18. The molecule has 1 amide bonds. The van der Waals surface area contributed by atoms with Gasteiger partial charge in [0.05, 0.1) is 0 Å². The number of halogens is 3. The van der Waals surface area contributed by atoms with E-state index in [1.54, 1.807) is 13.8 Å². The largest absolute Gasteiger partial charge is 0.347 e. The number of alkyl halides is 1. The van der Waals surface area contributed by atoms with E-state index >= 15 is 0 Å². The Balaban J connectivity index is 2.83. The van der Waals surface area contributed by atoms with Crippen LogP contribution in [0.5, 0.6) is 0 Å². The van der Waals surface area contributed by atoms with Crippen molar-refractivity contribution in [2.75, 3.05) is 5.88 Å². The van der Waals surface area contributed by atoms with Crippen LogP contribution in [0.25, 0.3) is 0 Å². The van der Waals surface area contributed by atoms with E-state index in [4.69, 9.17) is 11.6 Å². The van der Waals surface area contributed by atoms with Gasteiger partial charge in [-0.05, 0) is 32.4 Å². The van der Waals surface area contributed by atoms with Crippen LogP contribution in [0, 0.1) is 11.6 Å². The minimum absolute atomic E-state index is 0.0369. The molecular weight excluding hydrogens is 248 g/mol. The Kier molecular flexibility index (Phi) is 4.46. The summed E-state index contributed by atoms with van der Waals surface area (Å²) in [5.41, 5.74) is -0.549. The van der Waals surface area contributed by atoms with Crippen LogP contribution in [0.1, 0.15) is 30.6 Å². The van der Waals surface area contributed by atoms with Gasteiger partial charge in [-0.3, -0.25) is 4.79 Å². The number of hydrogen-bond donors (Lipinski definition) is 1. The van der Waals surface area contributed by atoms with Crippen molar-refractivity contribution in [3.63, 3.8) is 0 Å². The van der Waals surface area contributed by atoms with E-state index in [2.05, 4.69) is 5.32 Å². The molecule has 0 saturated heterocycles. The second kappa shape index (κ2) is 5.45. The molecule has 1 aromatic carbocycles. The van der Waals surface area contributed by atoms with Crippen LogP contribution in [0.15, 0.2) is 18.2 Å². The molecule has 0 saturated carbocycles. The quantitative estimate of drug-likeness (QED) is 0.829. The summed E-state index contributed by atoms with van der Waals surface area (Å²) in [5, 5.41) is 2.67. The molecule has 5 heteroatoms. The smallest absolute Gasteiger partial charge is 0.251 e. The molecule has 0 heterocycles. The number of carbonyl (C=O) groups is 1. The molecule has 0 spiro atoms. The lowest BCUT2D eigenvalue weighted by Gasteiger charge is -2.25. The van der Waals surface area contributed by atoms with Gasteiger partial charge in [0.1, 0.15) is 11.6 Å². The van der Waals surface area contributed by atoms with Crippen molar-refractivity contribution in [2.24, 2.45) is 0 Å². The van der Waals surface area contributed by atoms with Gasteiger partial charge in [0.2, 0.25) is 0 Å². The highest BCUT2D eigenvalue weighted by Gasteiger charge is 2.21. The van der Waals surface area contributed by atoms with Crippen LogP contribution in [0.2, 0.25) is 0 Å². The van der Waals surface area contributed by atoms with E-state index in [9.17, 15) is 13.6 Å². The molecule has 0 atom stereocenters. The highest BCUT2D eigenvalue weighted by molar-refractivity contribution is 6.17. The van der Waals surface area contributed by atoms with E-state index in [0.717, 1.165) is 18.2 Å². The predicted molar refractivity (Wildman–Crippen MR) is 63.2 cm³/mol. The third-order valence-corrected chi connectivity index (χ3v) is 2.49. The van der Waals surface area contributed by atoms with Gasteiger partial charge >= 0.3 is 0 Å². The average Bonchev–Trinajstić information content (AvgIpc) is 2.14. The van der Waals surface area contributed by atoms with Crippen molar-refractivity contribution < 1.29 is 13.6 Å². The van der Waals surface area contributed by atoms with Crippen molar-refractivity contribution in [3.05, 3.63) is 35.4 Å². The molecule has 0 bridgehead atoms. The van der Waals surface area contributed by atoms with Gasteiger partial charge in [-0.15, -0.1) is 11.6 Å². The van der Waals surface area contributed by atoms with Gasteiger partial charge in [0.25, 0.3) is 5.91 Å². The lowest BCUT2D eigenvalue weighted by molar-refractivity contribution is 0.0910. The molecule has 0 aliphatic heterocycles.